The van der Waals surface area contributed by atoms with Crippen molar-refractivity contribution in [3.63, 3.8) is 0 Å². The summed E-state index contributed by atoms with van der Waals surface area (Å²) in [6.45, 7) is 18.5. The molecule has 0 fully saturated rings. The number of hydrogen-bond donors (Lipinski definition) is 1. The molecule has 3 nitrogen and oxygen atoms in total. The standard InChI is InChI=1S/C27H42N2O/c1-7-8-11-26(30)21-28(18-16-22(2)3)20-25-10-9-17-29(25)19-23-12-14-24(15-13-23)27(4,5)6/h7,9-10,12-15,17,22,26,30H,1,8,11,16,18-21H2,2-6H3/t26-/m0/s1. The van der Waals surface area contributed by atoms with E-state index in [1.54, 1.807) is 0 Å². The minimum absolute atomic E-state index is 0.181. The summed E-state index contributed by atoms with van der Waals surface area (Å²) in [6.07, 6.45) is 6.54. The number of rotatable bonds is 12. The van der Waals surface area contributed by atoms with Crippen molar-refractivity contribution in [1.29, 1.82) is 0 Å². The smallest absolute Gasteiger partial charge is 0.0670 e. The lowest BCUT2D eigenvalue weighted by atomic mass is 9.87. The minimum atomic E-state index is -0.302. The zero-order chi connectivity index (χ0) is 22.1. The fourth-order valence-electron chi connectivity index (χ4n) is 3.66. The molecule has 0 radical (unpaired) electrons. The van der Waals surface area contributed by atoms with Crippen LogP contribution in [0.4, 0.5) is 0 Å². The van der Waals surface area contributed by atoms with Gasteiger partial charge < -0.3 is 9.67 Å². The van der Waals surface area contributed by atoms with Gasteiger partial charge in [-0.25, -0.2) is 0 Å². The van der Waals surface area contributed by atoms with Gasteiger partial charge in [-0.05, 0) is 60.4 Å². The molecule has 1 heterocycles. The lowest BCUT2D eigenvalue weighted by molar-refractivity contribution is 0.0982. The van der Waals surface area contributed by atoms with Crippen molar-refractivity contribution >= 4 is 0 Å². The van der Waals surface area contributed by atoms with Crippen LogP contribution in [0.5, 0.6) is 0 Å². The quantitative estimate of drug-likeness (QED) is 0.434. The van der Waals surface area contributed by atoms with E-state index in [9.17, 15) is 5.11 Å². The predicted molar refractivity (Wildman–Crippen MR) is 129 cm³/mol. The van der Waals surface area contributed by atoms with Gasteiger partial charge in [0.2, 0.25) is 0 Å². The van der Waals surface area contributed by atoms with Gasteiger partial charge in [-0.1, -0.05) is 65.0 Å². The Hall–Kier alpha value is -1.84. The third kappa shape index (κ3) is 8.12. The Balaban J connectivity index is 2.06. The first-order chi connectivity index (χ1) is 14.2. The lowest BCUT2D eigenvalue weighted by Crippen LogP contribution is -2.34. The summed E-state index contributed by atoms with van der Waals surface area (Å²) in [4.78, 5) is 2.41. The monoisotopic (exact) mass is 410 g/mol. The highest BCUT2D eigenvalue weighted by atomic mass is 16.3. The van der Waals surface area contributed by atoms with Gasteiger partial charge in [0, 0.05) is 31.5 Å². The van der Waals surface area contributed by atoms with E-state index in [1.807, 2.05) is 6.08 Å². The predicted octanol–water partition coefficient (Wildman–Crippen LogP) is 6.01. The van der Waals surface area contributed by atoms with E-state index in [4.69, 9.17) is 0 Å². The zero-order valence-corrected chi connectivity index (χ0v) is 19.8. The summed E-state index contributed by atoms with van der Waals surface area (Å²) < 4.78 is 2.34. The molecule has 0 saturated carbocycles. The largest absolute Gasteiger partial charge is 0.392 e. The number of aromatic nitrogens is 1. The molecular weight excluding hydrogens is 368 g/mol. The van der Waals surface area contributed by atoms with E-state index in [0.717, 1.165) is 38.9 Å². The molecule has 0 aliphatic carbocycles. The second-order valence-electron chi connectivity index (χ2n) is 10.0. The molecule has 1 aromatic carbocycles. The normalized spacial score (nSPS) is 13.2. The minimum Gasteiger partial charge on any atom is -0.392 e. The molecule has 2 rings (SSSR count). The van der Waals surface area contributed by atoms with Crippen LogP contribution in [0.1, 0.15) is 70.7 Å². The number of hydrogen-bond acceptors (Lipinski definition) is 2. The van der Waals surface area contributed by atoms with Crippen LogP contribution >= 0.6 is 0 Å². The molecule has 0 aliphatic heterocycles. The van der Waals surface area contributed by atoms with Crippen LogP contribution in [0.2, 0.25) is 0 Å². The van der Waals surface area contributed by atoms with Crippen molar-refractivity contribution in [2.75, 3.05) is 13.1 Å². The SMILES string of the molecule is C=CCC[C@H](O)CN(CCC(C)C)Cc1cccn1Cc1ccc(C(C)(C)C)cc1. The van der Waals surface area contributed by atoms with Gasteiger partial charge in [-0.15, -0.1) is 6.58 Å². The summed E-state index contributed by atoms with van der Waals surface area (Å²) in [5.41, 5.74) is 4.17. The van der Waals surface area contributed by atoms with Crippen molar-refractivity contribution < 1.29 is 5.11 Å². The average Bonchev–Trinajstić information content (AvgIpc) is 3.10. The number of nitrogens with zero attached hydrogens (tertiary/aromatic N) is 2. The first-order valence-electron chi connectivity index (χ1n) is 11.4. The van der Waals surface area contributed by atoms with Crippen LogP contribution in [0, 0.1) is 5.92 Å². The second kappa shape index (κ2) is 11.5. The molecule has 1 atom stereocenters. The maximum Gasteiger partial charge on any atom is 0.0670 e. The molecule has 1 N–H and O–H groups in total. The average molecular weight is 411 g/mol. The molecular formula is C27H42N2O. The zero-order valence-electron chi connectivity index (χ0n) is 19.8. The Morgan fingerprint density at radius 2 is 1.80 bits per heavy atom. The molecule has 0 spiro atoms. The summed E-state index contributed by atoms with van der Waals surface area (Å²) in [7, 11) is 0. The van der Waals surface area contributed by atoms with Crippen LogP contribution in [-0.2, 0) is 18.5 Å². The van der Waals surface area contributed by atoms with Crippen molar-refractivity contribution in [3.05, 3.63) is 72.1 Å². The Kier molecular flexibility index (Phi) is 9.38. The first kappa shape index (κ1) is 24.4. The van der Waals surface area contributed by atoms with Crippen LogP contribution < -0.4 is 0 Å². The van der Waals surface area contributed by atoms with Crippen LogP contribution in [0.15, 0.2) is 55.3 Å². The fourth-order valence-corrected chi connectivity index (χ4v) is 3.66. The van der Waals surface area contributed by atoms with Crippen molar-refractivity contribution in [1.82, 2.24) is 9.47 Å². The third-order valence-corrected chi connectivity index (χ3v) is 5.68. The Bertz CT molecular complexity index is 752. The molecule has 166 valence electrons. The lowest BCUT2D eigenvalue weighted by Gasteiger charge is -2.26. The molecule has 3 heteroatoms. The molecule has 0 aliphatic rings. The third-order valence-electron chi connectivity index (χ3n) is 5.68. The van der Waals surface area contributed by atoms with Gasteiger partial charge in [-0.2, -0.15) is 0 Å². The van der Waals surface area contributed by atoms with Crippen molar-refractivity contribution in [2.45, 2.75) is 78.5 Å². The molecule has 0 bridgehead atoms. The molecule has 30 heavy (non-hydrogen) atoms. The fraction of sp³-hybridized carbons (Fsp3) is 0.556. The highest BCUT2D eigenvalue weighted by molar-refractivity contribution is 5.28. The van der Waals surface area contributed by atoms with Gasteiger partial charge in [-0.3, -0.25) is 4.90 Å². The summed E-state index contributed by atoms with van der Waals surface area (Å²) in [6, 6.07) is 13.3. The Morgan fingerprint density at radius 3 is 2.40 bits per heavy atom. The number of benzene rings is 1. The maximum atomic E-state index is 10.4. The number of allylic oxidation sites excluding steroid dienone is 1. The van der Waals surface area contributed by atoms with E-state index in [1.165, 1.54) is 16.8 Å². The molecule has 1 aromatic heterocycles. The topological polar surface area (TPSA) is 28.4 Å². The summed E-state index contributed by atoms with van der Waals surface area (Å²) >= 11 is 0. The van der Waals surface area contributed by atoms with E-state index >= 15 is 0 Å². The van der Waals surface area contributed by atoms with Crippen molar-refractivity contribution in [2.24, 2.45) is 5.92 Å². The van der Waals surface area contributed by atoms with E-state index in [-0.39, 0.29) is 11.5 Å². The maximum absolute atomic E-state index is 10.4. The second-order valence-corrected chi connectivity index (χ2v) is 10.0. The van der Waals surface area contributed by atoms with E-state index in [0.29, 0.717) is 12.5 Å². The van der Waals surface area contributed by atoms with Gasteiger partial charge >= 0.3 is 0 Å². The van der Waals surface area contributed by atoms with Crippen molar-refractivity contribution in [3.8, 4) is 0 Å². The Morgan fingerprint density at radius 1 is 1.10 bits per heavy atom. The van der Waals surface area contributed by atoms with E-state index < -0.39 is 0 Å². The summed E-state index contributed by atoms with van der Waals surface area (Å²) in [5.74, 6) is 0.658. The van der Waals surface area contributed by atoms with Crippen LogP contribution in [0.3, 0.4) is 0 Å². The first-order valence-corrected chi connectivity index (χ1v) is 11.4. The highest BCUT2D eigenvalue weighted by Gasteiger charge is 2.15. The molecule has 0 amide bonds. The molecule has 2 aromatic rings. The number of aliphatic hydroxyl groups is 1. The molecule has 0 saturated heterocycles. The van der Waals surface area contributed by atoms with Crippen LogP contribution in [0.25, 0.3) is 0 Å². The van der Waals surface area contributed by atoms with Crippen LogP contribution in [-0.4, -0.2) is 33.8 Å². The van der Waals surface area contributed by atoms with Gasteiger partial charge in [0.05, 0.1) is 6.10 Å². The number of aliphatic hydroxyl groups excluding tert-OH is 1. The summed E-state index contributed by atoms with van der Waals surface area (Å²) in [5, 5.41) is 10.4. The highest BCUT2D eigenvalue weighted by Crippen LogP contribution is 2.22. The van der Waals surface area contributed by atoms with E-state index in [2.05, 4.69) is 93.3 Å². The molecule has 0 unspecified atom stereocenters. The van der Waals surface area contributed by atoms with Gasteiger partial charge in [0.1, 0.15) is 0 Å². The Labute approximate surface area is 184 Å². The van der Waals surface area contributed by atoms with Gasteiger partial charge in [0.25, 0.3) is 0 Å². The van der Waals surface area contributed by atoms with Gasteiger partial charge in [0.15, 0.2) is 0 Å².